The molecule has 0 aromatic carbocycles. The molecule has 2 heteroatoms. The third-order valence-electron chi connectivity index (χ3n) is 1.49. The molecule has 0 fully saturated rings. The van der Waals surface area contributed by atoms with Crippen molar-refractivity contribution in [3.63, 3.8) is 0 Å². The van der Waals surface area contributed by atoms with E-state index in [-0.39, 0.29) is 0 Å². The highest BCUT2D eigenvalue weighted by Crippen LogP contribution is 2.04. The lowest BCUT2D eigenvalue weighted by molar-refractivity contribution is 0.900. The molecule has 11 heavy (non-hydrogen) atoms. The molecule has 64 valence electrons. The van der Waals surface area contributed by atoms with Gasteiger partial charge in [-0.1, -0.05) is 26.3 Å². The maximum Gasteiger partial charge on any atom is 0.0726 e. The Hall–Kier alpha value is -0.240. The van der Waals surface area contributed by atoms with Crippen molar-refractivity contribution in [2.75, 3.05) is 0 Å². The molecule has 0 aliphatic heterocycles. The Bertz CT molecular complexity index is 168. The van der Waals surface area contributed by atoms with Gasteiger partial charge < -0.3 is 0 Å². The normalized spacial score (nSPS) is 14.4. The first-order valence-corrected chi connectivity index (χ1v) is 4.45. The van der Waals surface area contributed by atoms with Crippen molar-refractivity contribution in [1.82, 2.24) is 0 Å². The summed E-state index contributed by atoms with van der Waals surface area (Å²) in [5.74, 6) is 0.430. The maximum atomic E-state index is 4.24. The number of rotatable bonds is 3. The monoisotopic (exact) mass is 171 g/mol. The lowest BCUT2D eigenvalue weighted by Gasteiger charge is -2.00. The van der Waals surface area contributed by atoms with Crippen LogP contribution in [0, 0.1) is 5.92 Å². The predicted octanol–water partition coefficient (Wildman–Crippen LogP) is 3.28. The number of aliphatic imine (C=N–C) groups is 1. The molecule has 0 saturated heterocycles. The Morgan fingerprint density at radius 1 is 1.55 bits per heavy atom. The van der Waals surface area contributed by atoms with E-state index < -0.39 is 0 Å². The largest absolute Gasteiger partial charge is 0.254 e. The summed E-state index contributed by atoms with van der Waals surface area (Å²) < 4.78 is 0. The van der Waals surface area contributed by atoms with Crippen LogP contribution in [-0.4, -0.2) is 5.04 Å². The second-order valence-corrected chi connectivity index (χ2v) is 3.43. The van der Waals surface area contributed by atoms with Gasteiger partial charge in [0.2, 0.25) is 0 Å². The Kier molecular flexibility index (Phi) is 5.30. The van der Waals surface area contributed by atoms with E-state index in [2.05, 4.69) is 45.3 Å². The van der Waals surface area contributed by atoms with Gasteiger partial charge in [-0.15, -0.1) is 12.6 Å². The molecule has 0 heterocycles. The quantitative estimate of drug-likeness (QED) is 0.380. The van der Waals surface area contributed by atoms with Gasteiger partial charge in [0.05, 0.1) is 5.04 Å². The molecule has 0 atom stereocenters. The van der Waals surface area contributed by atoms with E-state index in [9.17, 15) is 0 Å². The van der Waals surface area contributed by atoms with Gasteiger partial charge in [0.25, 0.3) is 0 Å². The van der Waals surface area contributed by atoms with Gasteiger partial charge in [-0.05, 0) is 13.3 Å². The molecule has 0 aromatic rings. The van der Waals surface area contributed by atoms with Gasteiger partial charge in [-0.3, -0.25) is 4.99 Å². The minimum absolute atomic E-state index is 0.430. The summed E-state index contributed by atoms with van der Waals surface area (Å²) in [6.45, 7) is 8.36. The minimum atomic E-state index is 0.430. The third-order valence-corrected chi connectivity index (χ3v) is 2.12. The molecule has 1 nitrogen and oxygen atoms in total. The van der Waals surface area contributed by atoms with Crippen molar-refractivity contribution in [2.24, 2.45) is 10.9 Å². The molecule has 0 amide bonds. The molecule has 0 N–H and O–H groups in total. The maximum absolute atomic E-state index is 4.24. The Morgan fingerprint density at radius 2 is 2.09 bits per heavy atom. The van der Waals surface area contributed by atoms with Crippen LogP contribution >= 0.6 is 12.6 Å². The molecule has 0 aliphatic rings. The summed E-state index contributed by atoms with van der Waals surface area (Å²) >= 11 is 4.24. The Morgan fingerprint density at radius 3 is 2.45 bits per heavy atom. The number of hydrogen-bond acceptors (Lipinski definition) is 1. The zero-order valence-corrected chi connectivity index (χ0v) is 8.65. The number of allylic oxidation sites excluding steroid dienone is 1. The van der Waals surface area contributed by atoms with Crippen LogP contribution in [0.2, 0.25) is 0 Å². The summed E-state index contributed by atoms with van der Waals surface area (Å²) in [6, 6.07) is 0. The number of nitrogens with zero attached hydrogens (tertiary/aromatic N) is 1. The highest BCUT2D eigenvalue weighted by atomic mass is 32.1. The van der Waals surface area contributed by atoms with Crippen molar-refractivity contribution in [3.05, 3.63) is 11.8 Å². The van der Waals surface area contributed by atoms with Crippen LogP contribution in [0.4, 0.5) is 0 Å². The first kappa shape index (κ1) is 10.8. The number of hydrogen-bond donors (Lipinski definition) is 1. The first-order chi connectivity index (χ1) is 5.07. The molecule has 0 bridgehead atoms. The van der Waals surface area contributed by atoms with Crippen molar-refractivity contribution in [2.45, 2.75) is 34.1 Å². The molecule has 0 aliphatic carbocycles. The molecule has 0 rings (SSSR count). The fourth-order valence-electron chi connectivity index (χ4n) is 0.417. The topological polar surface area (TPSA) is 12.4 Å². The summed E-state index contributed by atoms with van der Waals surface area (Å²) in [4.78, 5) is 4.21. The summed E-state index contributed by atoms with van der Waals surface area (Å²) in [6.07, 6.45) is 2.95. The smallest absolute Gasteiger partial charge is 0.0726 e. The van der Waals surface area contributed by atoms with Crippen molar-refractivity contribution in [3.8, 4) is 0 Å². The van der Waals surface area contributed by atoms with Gasteiger partial charge in [-0.25, -0.2) is 0 Å². The Labute approximate surface area is 75.0 Å². The average molecular weight is 171 g/mol. The first-order valence-electron chi connectivity index (χ1n) is 4.00. The third kappa shape index (κ3) is 5.08. The lowest BCUT2D eigenvalue weighted by Crippen LogP contribution is -1.97. The zero-order valence-electron chi connectivity index (χ0n) is 7.76. The lowest BCUT2D eigenvalue weighted by atomic mass is 10.2. The van der Waals surface area contributed by atoms with Gasteiger partial charge in [-0.2, -0.15) is 0 Å². The molecule has 0 aromatic heterocycles. The second-order valence-electron chi connectivity index (χ2n) is 2.97. The SMILES string of the molecule is CC/C(C)=C/N=C(\S)C(C)C. The molecule has 0 radical (unpaired) electrons. The van der Waals surface area contributed by atoms with E-state index in [1.807, 2.05) is 6.20 Å². The molecular weight excluding hydrogens is 154 g/mol. The summed E-state index contributed by atoms with van der Waals surface area (Å²) in [5.41, 5.74) is 1.29. The van der Waals surface area contributed by atoms with Crippen molar-refractivity contribution < 1.29 is 0 Å². The summed E-state index contributed by atoms with van der Waals surface area (Å²) in [5, 5.41) is 0.901. The average Bonchev–Trinajstić information content (AvgIpc) is 1.99. The Balaban J connectivity index is 4.11. The van der Waals surface area contributed by atoms with Gasteiger partial charge >= 0.3 is 0 Å². The van der Waals surface area contributed by atoms with Crippen LogP contribution in [0.3, 0.4) is 0 Å². The van der Waals surface area contributed by atoms with Crippen LogP contribution in [0.1, 0.15) is 34.1 Å². The van der Waals surface area contributed by atoms with Crippen LogP contribution in [0.15, 0.2) is 16.8 Å². The fourth-order valence-corrected chi connectivity index (χ4v) is 0.474. The van der Waals surface area contributed by atoms with E-state index >= 15 is 0 Å². The molecule has 0 saturated carbocycles. The molecular formula is C9H17NS. The van der Waals surface area contributed by atoms with Gasteiger partial charge in [0.1, 0.15) is 0 Å². The van der Waals surface area contributed by atoms with Gasteiger partial charge in [0, 0.05) is 12.1 Å². The van der Waals surface area contributed by atoms with E-state index in [1.165, 1.54) is 5.57 Å². The second kappa shape index (κ2) is 5.42. The molecule has 0 spiro atoms. The highest BCUT2D eigenvalue weighted by Gasteiger charge is 1.95. The zero-order chi connectivity index (χ0) is 8.85. The molecule has 0 unspecified atom stereocenters. The van der Waals surface area contributed by atoms with E-state index in [0.717, 1.165) is 11.5 Å². The predicted molar refractivity (Wildman–Crippen MR) is 55.3 cm³/mol. The number of thiol groups is 1. The van der Waals surface area contributed by atoms with Crippen LogP contribution < -0.4 is 0 Å². The van der Waals surface area contributed by atoms with Crippen molar-refractivity contribution in [1.29, 1.82) is 0 Å². The van der Waals surface area contributed by atoms with E-state index in [1.54, 1.807) is 0 Å². The van der Waals surface area contributed by atoms with Crippen LogP contribution in [0.25, 0.3) is 0 Å². The van der Waals surface area contributed by atoms with Crippen LogP contribution in [-0.2, 0) is 0 Å². The standard InChI is InChI=1S/C9H17NS/c1-5-8(4)6-10-9(11)7(2)3/h6-7H,5H2,1-4H3,(H,10,11)/b8-6+. The van der Waals surface area contributed by atoms with Crippen LogP contribution in [0.5, 0.6) is 0 Å². The highest BCUT2D eigenvalue weighted by molar-refractivity contribution is 7.97. The summed E-state index contributed by atoms with van der Waals surface area (Å²) in [7, 11) is 0. The fraction of sp³-hybridized carbons (Fsp3) is 0.667. The van der Waals surface area contributed by atoms with Crippen molar-refractivity contribution >= 4 is 17.7 Å². The minimum Gasteiger partial charge on any atom is -0.254 e. The van der Waals surface area contributed by atoms with E-state index in [0.29, 0.717) is 5.92 Å². The van der Waals surface area contributed by atoms with Gasteiger partial charge in [0.15, 0.2) is 0 Å². The van der Waals surface area contributed by atoms with E-state index in [4.69, 9.17) is 0 Å².